The zero-order chi connectivity index (χ0) is 15.2. The Hall–Kier alpha value is -1.59. The molecule has 110 valence electrons. The Morgan fingerprint density at radius 3 is 2.16 bits per heavy atom. The second-order valence-corrected chi connectivity index (χ2v) is 5.68. The molecule has 0 rings (SSSR count). The summed E-state index contributed by atoms with van der Waals surface area (Å²) >= 11 is 0. The average Bonchev–Trinajstić information content (AvgIpc) is 2.23. The highest BCUT2D eigenvalue weighted by atomic mass is 16.4. The van der Waals surface area contributed by atoms with E-state index >= 15 is 0 Å². The zero-order valence-electron chi connectivity index (χ0n) is 12.3. The number of carboxylic acid groups (broad SMARTS) is 1. The predicted octanol–water partition coefficient (Wildman–Crippen LogP) is 0.718. The van der Waals surface area contributed by atoms with Crippen LogP contribution < -0.4 is 5.32 Å². The molecule has 0 aromatic rings. The number of hydrogen-bond donors (Lipinski definition) is 2. The molecule has 6 heteroatoms. The fourth-order valence-electron chi connectivity index (χ4n) is 1.68. The van der Waals surface area contributed by atoms with E-state index in [1.165, 1.54) is 7.05 Å². The zero-order valence-corrected chi connectivity index (χ0v) is 12.3. The normalized spacial score (nSPS) is 12.7. The number of rotatable bonds is 6. The summed E-state index contributed by atoms with van der Waals surface area (Å²) in [7, 11) is 1.44. The Bertz CT molecular complexity index is 347. The second-order valence-electron chi connectivity index (χ2n) is 5.68. The van der Waals surface area contributed by atoms with Gasteiger partial charge in [0.15, 0.2) is 0 Å². The summed E-state index contributed by atoms with van der Waals surface area (Å²) in [6.07, 6.45) is 0.809. The van der Waals surface area contributed by atoms with Gasteiger partial charge in [-0.3, -0.25) is 14.4 Å². The molecule has 0 fully saturated rings. The van der Waals surface area contributed by atoms with Gasteiger partial charge < -0.3 is 15.3 Å². The summed E-state index contributed by atoms with van der Waals surface area (Å²) < 4.78 is 0. The minimum Gasteiger partial charge on any atom is -0.481 e. The third-order valence-corrected chi connectivity index (χ3v) is 2.69. The van der Waals surface area contributed by atoms with Crippen molar-refractivity contribution >= 4 is 17.8 Å². The van der Waals surface area contributed by atoms with Crippen LogP contribution in [0.15, 0.2) is 0 Å². The van der Waals surface area contributed by atoms with E-state index in [-0.39, 0.29) is 12.5 Å². The molecule has 19 heavy (non-hydrogen) atoms. The molecular formula is C13H24N2O4. The lowest BCUT2D eigenvalue weighted by molar-refractivity contribution is -0.156. The van der Waals surface area contributed by atoms with Crippen LogP contribution in [0.2, 0.25) is 0 Å². The van der Waals surface area contributed by atoms with E-state index in [4.69, 9.17) is 5.11 Å². The molecule has 0 aromatic heterocycles. The number of nitrogens with zero attached hydrogens (tertiary/aromatic N) is 1. The van der Waals surface area contributed by atoms with Gasteiger partial charge in [-0.1, -0.05) is 27.7 Å². The molecule has 0 aliphatic carbocycles. The van der Waals surface area contributed by atoms with Gasteiger partial charge in [0, 0.05) is 13.6 Å². The molecule has 0 heterocycles. The van der Waals surface area contributed by atoms with Crippen molar-refractivity contribution in [3.05, 3.63) is 0 Å². The van der Waals surface area contributed by atoms with Gasteiger partial charge in [0.25, 0.3) is 0 Å². The van der Waals surface area contributed by atoms with Gasteiger partial charge in [-0.2, -0.15) is 0 Å². The van der Waals surface area contributed by atoms with Crippen molar-refractivity contribution in [1.82, 2.24) is 10.2 Å². The van der Waals surface area contributed by atoms with Crippen molar-refractivity contribution < 1.29 is 19.5 Å². The van der Waals surface area contributed by atoms with E-state index in [2.05, 4.69) is 5.32 Å². The Kier molecular flexibility index (Phi) is 6.52. The first kappa shape index (κ1) is 17.4. The van der Waals surface area contributed by atoms with Gasteiger partial charge in [-0.25, -0.2) is 0 Å². The summed E-state index contributed by atoms with van der Waals surface area (Å²) in [6, 6.07) is 0. The van der Waals surface area contributed by atoms with Crippen LogP contribution in [0.3, 0.4) is 0 Å². The maximum Gasteiger partial charge on any atom is 0.316 e. The van der Waals surface area contributed by atoms with Gasteiger partial charge in [0.1, 0.15) is 5.92 Å². The maximum atomic E-state index is 12.1. The number of amides is 2. The predicted molar refractivity (Wildman–Crippen MR) is 71.5 cm³/mol. The summed E-state index contributed by atoms with van der Waals surface area (Å²) in [4.78, 5) is 36.0. The van der Waals surface area contributed by atoms with Gasteiger partial charge in [0.05, 0.1) is 6.54 Å². The van der Waals surface area contributed by atoms with E-state index in [0.29, 0.717) is 6.54 Å². The third kappa shape index (κ3) is 5.72. The standard InChI is InChI=1S/C13H24N2O4/c1-6-7-14-9(16)8-15(5)11(17)10(12(18)19)13(2,3)4/h10H,6-8H2,1-5H3,(H,14,16)(H,18,19). The number of carboxylic acids is 1. The third-order valence-electron chi connectivity index (χ3n) is 2.69. The number of nitrogens with one attached hydrogen (secondary N) is 1. The fraction of sp³-hybridized carbons (Fsp3) is 0.769. The fourth-order valence-corrected chi connectivity index (χ4v) is 1.68. The van der Waals surface area contributed by atoms with Crippen molar-refractivity contribution in [1.29, 1.82) is 0 Å². The van der Waals surface area contributed by atoms with Crippen molar-refractivity contribution in [2.24, 2.45) is 11.3 Å². The first-order valence-corrected chi connectivity index (χ1v) is 6.35. The molecule has 0 bridgehead atoms. The molecule has 0 saturated carbocycles. The van der Waals surface area contributed by atoms with Crippen LogP contribution in [0.4, 0.5) is 0 Å². The molecule has 0 aliphatic rings. The number of likely N-dealkylation sites (N-methyl/N-ethyl adjacent to an activating group) is 1. The lowest BCUT2D eigenvalue weighted by Gasteiger charge is -2.29. The lowest BCUT2D eigenvalue weighted by Crippen LogP contribution is -2.46. The number of hydrogen-bond acceptors (Lipinski definition) is 3. The second kappa shape index (κ2) is 7.11. The van der Waals surface area contributed by atoms with Crippen LogP contribution in [0, 0.1) is 11.3 Å². The molecule has 1 unspecified atom stereocenters. The number of carbonyl (C=O) groups excluding carboxylic acids is 2. The summed E-state index contributed by atoms with van der Waals surface area (Å²) in [5, 5.41) is 11.8. The first-order valence-electron chi connectivity index (χ1n) is 6.35. The molecule has 2 amide bonds. The molecule has 1 atom stereocenters. The maximum absolute atomic E-state index is 12.1. The Morgan fingerprint density at radius 2 is 1.79 bits per heavy atom. The van der Waals surface area contributed by atoms with Gasteiger partial charge >= 0.3 is 5.97 Å². The SMILES string of the molecule is CCCNC(=O)CN(C)C(=O)C(C(=O)O)C(C)(C)C. The van der Waals surface area contributed by atoms with Crippen molar-refractivity contribution in [3.8, 4) is 0 Å². The van der Waals surface area contributed by atoms with Crippen LogP contribution in [0.5, 0.6) is 0 Å². The van der Waals surface area contributed by atoms with Crippen LogP contribution in [0.25, 0.3) is 0 Å². The Labute approximate surface area is 114 Å². The molecule has 0 aromatic carbocycles. The van der Waals surface area contributed by atoms with Crippen molar-refractivity contribution in [3.63, 3.8) is 0 Å². The highest BCUT2D eigenvalue weighted by Gasteiger charge is 2.39. The van der Waals surface area contributed by atoms with Gasteiger partial charge in [-0.05, 0) is 11.8 Å². The Balaban J connectivity index is 4.70. The van der Waals surface area contributed by atoms with Gasteiger partial charge in [0.2, 0.25) is 11.8 Å². The van der Waals surface area contributed by atoms with Crippen molar-refractivity contribution in [2.45, 2.75) is 34.1 Å². The minimum atomic E-state index is -1.17. The van der Waals surface area contributed by atoms with Crippen LogP contribution in [-0.2, 0) is 14.4 Å². The smallest absolute Gasteiger partial charge is 0.316 e. The quantitative estimate of drug-likeness (QED) is 0.697. The first-order chi connectivity index (χ1) is 8.61. The lowest BCUT2D eigenvalue weighted by atomic mass is 9.80. The van der Waals surface area contributed by atoms with Gasteiger partial charge in [-0.15, -0.1) is 0 Å². The molecule has 0 spiro atoms. The van der Waals surface area contributed by atoms with E-state index < -0.39 is 23.2 Å². The highest BCUT2D eigenvalue weighted by molar-refractivity contribution is 5.99. The highest BCUT2D eigenvalue weighted by Crippen LogP contribution is 2.27. The van der Waals surface area contributed by atoms with Crippen LogP contribution >= 0.6 is 0 Å². The van der Waals surface area contributed by atoms with E-state index in [1.54, 1.807) is 20.8 Å². The summed E-state index contributed by atoms with van der Waals surface area (Å²) in [5.41, 5.74) is -0.697. The molecule has 6 nitrogen and oxygen atoms in total. The minimum absolute atomic E-state index is 0.126. The average molecular weight is 272 g/mol. The molecule has 0 saturated heterocycles. The van der Waals surface area contributed by atoms with E-state index in [1.807, 2.05) is 6.92 Å². The van der Waals surface area contributed by atoms with Crippen LogP contribution in [-0.4, -0.2) is 47.9 Å². The summed E-state index contributed by atoms with van der Waals surface area (Å²) in [5.74, 6) is -3.16. The molecule has 2 N–H and O–H groups in total. The number of aliphatic carboxylic acids is 1. The molecule has 0 aliphatic heterocycles. The number of carbonyl (C=O) groups is 3. The monoisotopic (exact) mass is 272 g/mol. The largest absolute Gasteiger partial charge is 0.481 e. The Morgan fingerprint density at radius 1 is 1.26 bits per heavy atom. The van der Waals surface area contributed by atoms with E-state index in [9.17, 15) is 14.4 Å². The summed E-state index contributed by atoms with van der Waals surface area (Å²) in [6.45, 7) is 7.41. The molecule has 0 radical (unpaired) electrons. The van der Waals surface area contributed by atoms with E-state index in [0.717, 1.165) is 11.3 Å². The molecular weight excluding hydrogens is 248 g/mol. The van der Waals surface area contributed by atoms with Crippen molar-refractivity contribution in [2.75, 3.05) is 20.1 Å². The van der Waals surface area contributed by atoms with Crippen LogP contribution in [0.1, 0.15) is 34.1 Å². The topological polar surface area (TPSA) is 86.7 Å².